The van der Waals surface area contributed by atoms with Crippen LogP contribution in [0.1, 0.15) is 15.9 Å². The standard InChI is InChI=1S/C17H14ClN3O7/c1-28-17(23)12(7-10-5-3-2-4-6-10)19-16(22)11-8-13(20(24)25)15(18)14(9-11)21(26)27/h2-6,8-9,12H,7H2,1H3,(H,19,22)/t12-/m0/s1. The third-order valence-corrected chi connectivity index (χ3v) is 4.15. The van der Waals surface area contributed by atoms with Crippen molar-refractivity contribution in [3.63, 3.8) is 0 Å². The smallest absolute Gasteiger partial charge is 0.328 e. The number of rotatable bonds is 7. The summed E-state index contributed by atoms with van der Waals surface area (Å²) in [5.74, 6) is -1.66. The highest BCUT2D eigenvalue weighted by atomic mass is 35.5. The van der Waals surface area contributed by atoms with E-state index in [1.807, 2.05) is 0 Å². The molecule has 0 heterocycles. The van der Waals surface area contributed by atoms with Crippen LogP contribution >= 0.6 is 11.6 Å². The Labute approximate surface area is 163 Å². The number of nitro benzene ring substituents is 2. The van der Waals surface area contributed by atoms with Gasteiger partial charge in [-0.2, -0.15) is 0 Å². The molecule has 0 saturated heterocycles. The molecular formula is C17H14ClN3O7. The summed E-state index contributed by atoms with van der Waals surface area (Å²) in [7, 11) is 1.14. The van der Waals surface area contributed by atoms with Crippen LogP contribution < -0.4 is 5.32 Å². The first-order chi connectivity index (χ1) is 13.2. The van der Waals surface area contributed by atoms with Gasteiger partial charge in [-0.1, -0.05) is 41.9 Å². The number of hydrogen-bond donors (Lipinski definition) is 1. The summed E-state index contributed by atoms with van der Waals surface area (Å²) in [6.07, 6.45) is 0.0943. The number of hydrogen-bond acceptors (Lipinski definition) is 7. The summed E-state index contributed by atoms with van der Waals surface area (Å²) >= 11 is 5.67. The molecule has 0 saturated carbocycles. The van der Waals surface area contributed by atoms with E-state index < -0.39 is 44.2 Å². The van der Waals surface area contributed by atoms with Gasteiger partial charge in [0.15, 0.2) is 5.02 Å². The normalized spacial score (nSPS) is 11.4. The van der Waals surface area contributed by atoms with E-state index in [0.29, 0.717) is 0 Å². The van der Waals surface area contributed by atoms with E-state index in [4.69, 9.17) is 11.6 Å². The minimum absolute atomic E-state index is 0.0943. The maximum absolute atomic E-state index is 12.5. The number of carbonyl (C=O) groups excluding carboxylic acids is 2. The average molecular weight is 408 g/mol. The number of nitrogens with zero attached hydrogens (tertiary/aromatic N) is 2. The quantitative estimate of drug-likeness (QED) is 0.422. The minimum Gasteiger partial charge on any atom is -0.467 e. The molecule has 10 nitrogen and oxygen atoms in total. The highest BCUT2D eigenvalue weighted by Gasteiger charge is 2.29. The summed E-state index contributed by atoms with van der Waals surface area (Å²) in [6.45, 7) is 0. The van der Waals surface area contributed by atoms with Crippen molar-refractivity contribution >= 4 is 34.9 Å². The van der Waals surface area contributed by atoms with Crippen LogP contribution in [0.25, 0.3) is 0 Å². The number of halogens is 1. The molecule has 2 aromatic rings. The van der Waals surface area contributed by atoms with Crippen molar-refractivity contribution < 1.29 is 24.2 Å². The van der Waals surface area contributed by atoms with Gasteiger partial charge in [0.1, 0.15) is 6.04 Å². The fourth-order valence-corrected chi connectivity index (χ4v) is 2.67. The van der Waals surface area contributed by atoms with Gasteiger partial charge in [-0.05, 0) is 5.56 Å². The van der Waals surface area contributed by atoms with Crippen LogP contribution in [0, 0.1) is 20.2 Å². The first kappa shape index (κ1) is 20.8. The lowest BCUT2D eigenvalue weighted by atomic mass is 10.1. The van der Waals surface area contributed by atoms with E-state index in [-0.39, 0.29) is 12.0 Å². The number of methoxy groups -OCH3 is 1. The lowest BCUT2D eigenvalue weighted by Crippen LogP contribution is -2.43. The molecule has 0 bridgehead atoms. The molecule has 0 radical (unpaired) electrons. The predicted molar refractivity (Wildman–Crippen MR) is 98.2 cm³/mol. The van der Waals surface area contributed by atoms with E-state index >= 15 is 0 Å². The number of esters is 1. The maximum Gasteiger partial charge on any atom is 0.328 e. The SMILES string of the molecule is COC(=O)[C@H](Cc1ccccc1)NC(=O)c1cc([N+](=O)[O-])c(Cl)c([N+](=O)[O-])c1. The van der Waals surface area contributed by atoms with Crippen LogP contribution in [0.3, 0.4) is 0 Å². The molecular weight excluding hydrogens is 394 g/mol. The molecule has 1 atom stereocenters. The molecule has 2 aromatic carbocycles. The van der Waals surface area contributed by atoms with Gasteiger partial charge in [-0.25, -0.2) is 4.79 Å². The van der Waals surface area contributed by atoms with Crippen molar-refractivity contribution in [3.05, 3.63) is 78.8 Å². The Morgan fingerprint density at radius 2 is 1.64 bits per heavy atom. The Kier molecular flexibility index (Phi) is 6.61. The third-order valence-electron chi connectivity index (χ3n) is 3.76. The molecule has 0 fully saturated rings. The second-order valence-corrected chi connectivity index (χ2v) is 5.96. The van der Waals surface area contributed by atoms with Crippen molar-refractivity contribution in [2.75, 3.05) is 7.11 Å². The van der Waals surface area contributed by atoms with E-state index in [1.165, 1.54) is 0 Å². The molecule has 0 spiro atoms. The fraction of sp³-hybridized carbons (Fsp3) is 0.176. The Hall–Kier alpha value is -3.53. The van der Waals surface area contributed by atoms with Gasteiger partial charge in [0.25, 0.3) is 17.3 Å². The second kappa shape index (κ2) is 8.91. The maximum atomic E-state index is 12.5. The van der Waals surface area contributed by atoms with E-state index in [2.05, 4.69) is 10.1 Å². The topological polar surface area (TPSA) is 142 Å². The Morgan fingerprint density at radius 3 is 2.11 bits per heavy atom. The second-order valence-electron chi connectivity index (χ2n) is 5.58. The molecule has 1 amide bonds. The highest BCUT2D eigenvalue weighted by molar-refractivity contribution is 6.35. The van der Waals surface area contributed by atoms with Crippen molar-refractivity contribution in [1.82, 2.24) is 5.32 Å². The number of benzene rings is 2. The first-order valence-electron chi connectivity index (χ1n) is 7.79. The van der Waals surface area contributed by atoms with Crippen molar-refractivity contribution in [2.45, 2.75) is 12.5 Å². The fourth-order valence-electron chi connectivity index (χ4n) is 2.42. The van der Waals surface area contributed by atoms with Crippen LogP contribution in [0.5, 0.6) is 0 Å². The summed E-state index contributed by atoms with van der Waals surface area (Å²) in [6, 6.07) is 9.26. The first-order valence-corrected chi connectivity index (χ1v) is 8.17. The molecule has 11 heteroatoms. The summed E-state index contributed by atoms with van der Waals surface area (Å²) in [4.78, 5) is 44.8. The predicted octanol–water partition coefficient (Wildman–Crippen LogP) is 2.67. The monoisotopic (exact) mass is 407 g/mol. The van der Waals surface area contributed by atoms with Gasteiger partial charge in [0, 0.05) is 18.6 Å². The molecule has 0 aliphatic rings. The molecule has 1 N–H and O–H groups in total. The minimum atomic E-state index is -1.10. The zero-order valence-electron chi connectivity index (χ0n) is 14.5. The van der Waals surface area contributed by atoms with Gasteiger partial charge in [-0.3, -0.25) is 25.0 Å². The largest absolute Gasteiger partial charge is 0.467 e. The summed E-state index contributed by atoms with van der Waals surface area (Å²) < 4.78 is 4.67. The Morgan fingerprint density at radius 1 is 1.11 bits per heavy atom. The van der Waals surface area contributed by atoms with Crippen molar-refractivity contribution in [3.8, 4) is 0 Å². The molecule has 28 heavy (non-hydrogen) atoms. The van der Waals surface area contributed by atoms with Gasteiger partial charge >= 0.3 is 5.97 Å². The van der Waals surface area contributed by atoms with Gasteiger partial charge in [-0.15, -0.1) is 0 Å². The summed E-state index contributed by atoms with van der Waals surface area (Å²) in [5, 5.41) is 23.9. The van der Waals surface area contributed by atoms with Crippen LogP contribution in [0.4, 0.5) is 11.4 Å². The van der Waals surface area contributed by atoms with Gasteiger partial charge in [0.2, 0.25) is 0 Å². The molecule has 0 aliphatic carbocycles. The number of nitro groups is 2. The Bertz CT molecular complexity index is 899. The number of nitrogens with one attached hydrogen (secondary N) is 1. The lowest BCUT2D eigenvalue weighted by Gasteiger charge is -2.16. The van der Waals surface area contributed by atoms with Crippen LogP contribution in [-0.2, 0) is 16.0 Å². The number of ether oxygens (including phenoxy) is 1. The van der Waals surface area contributed by atoms with Crippen molar-refractivity contribution in [2.24, 2.45) is 0 Å². The van der Waals surface area contributed by atoms with Crippen LogP contribution in [-0.4, -0.2) is 34.9 Å². The average Bonchev–Trinajstić information content (AvgIpc) is 2.67. The van der Waals surface area contributed by atoms with Crippen LogP contribution in [0.15, 0.2) is 42.5 Å². The Balaban J connectivity index is 2.36. The highest BCUT2D eigenvalue weighted by Crippen LogP contribution is 2.34. The zero-order valence-corrected chi connectivity index (χ0v) is 15.2. The molecule has 146 valence electrons. The van der Waals surface area contributed by atoms with E-state index in [9.17, 15) is 29.8 Å². The third kappa shape index (κ3) is 4.80. The molecule has 0 unspecified atom stereocenters. The van der Waals surface area contributed by atoms with E-state index in [1.54, 1.807) is 30.3 Å². The lowest BCUT2D eigenvalue weighted by molar-refractivity contribution is -0.393. The van der Waals surface area contributed by atoms with Crippen LogP contribution in [0.2, 0.25) is 5.02 Å². The molecule has 2 rings (SSSR count). The van der Waals surface area contributed by atoms with Gasteiger partial charge < -0.3 is 10.1 Å². The molecule has 0 aliphatic heterocycles. The van der Waals surface area contributed by atoms with Crippen molar-refractivity contribution in [1.29, 1.82) is 0 Å². The zero-order chi connectivity index (χ0) is 20.8. The number of amides is 1. The van der Waals surface area contributed by atoms with E-state index in [0.717, 1.165) is 24.8 Å². The molecule has 0 aromatic heterocycles. The summed E-state index contributed by atoms with van der Waals surface area (Å²) in [5.41, 5.74) is -1.24. The van der Waals surface area contributed by atoms with Gasteiger partial charge in [0.05, 0.1) is 22.5 Å². The number of carbonyl (C=O) groups is 2.